The molecule has 0 saturated heterocycles. The Kier molecular flexibility index (Phi) is 7.31. The number of anilines is 2. The highest BCUT2D eigenvalue weighted by atomic mass is 32.2. The Hall–Kier alpha value is -3.77. The summed E-state index contributed by atoms with van der Waals surface area (Å²) in [6.45, 7) is 3.04. The number of carbonyl (C=O) groups excluding carboxylic acids is 3. The molecule has 0 unspecified atom stereocenters. The standard InChI is InChI=1S/C26H29N3O8S/c1-12(13(2)26(33)34)25(32)29-15-9-7-14(8-10-15)28-18-11-19(38(35,36)37)22(27)21-20(18)23(30)16-5-3-4-6-17(16)24(21)31/h3-6,11-15,28H,7-10,27H2,1-2H3,(H,29,32)(H,33,34)(H,35,36,37)/t12-,13-,14?,15?/m1/s1. The summed E-state index contributed by atoms with van der Waals surface area (Å²) in [5.74, 6) is -4.02. The number of amides is 1. The summed E-state index contributed by atoms with van der Waals surface area (Å²) in [6, 6.07) is 6.83. The molecule has 38 heavy (non-hydrogen) atoms. The van der Waals surface area contributed by atoms with E-state index in [-0.39, 0.29) is 45.9 Å². The average molecular weight is 544 g/mol. The fourth-order valence-electron chi connectivity index (χ4n) is 5.00. The first-order chi connectivity index (χ1) is 17.8. The molecular weight excluding hydrogens is 514 g/mol. The highest BCUT2D eigenvalue weighted by Gasteiger charge is 2.37. The van der Waals surface area contributed by atoms with E-state index in [1.165, 1.54) is 19.1 Å². The van der Waals surface area contributed by atoms with Gasteiger partial charge in [-0.15, -0.1) is 0 Å². The highest BCUT2D eigenvalue weighted by molar-refractivity contribution is 7.86. The van der Waals surface area contributed by atoms with Crippen molar-refractivity contribution in [3.05, 3.63) is 52.6 Å². The van der Waals surface area contributed by atoms with Gasteiger partial charge in [-0.2, -0.15) is 8.42 Å². The van der Waals surface area contributed by atoms with Crippen molar-refractivity contribution in [3.63, 3.8) is 0 Å². The fraction of sp³-hybridized carbons (Fsp3) is 0.385. The van der Waals surface area contributed by atoms with Gasteiger partial charge < -0.3 is 21.5 Å². The molecule has 12 heteroatoms. The number of carboxylic acid groups (broad SMARTS) is 1. The Bertz CT molecular complexity index is 1440. The second-order valence-corrected chi connectivity index (χ2v) is 11.3. The summed E-state index contributed by atoms with van der Waals surface area (Å²) in [5.41, 5.74) is 5.54. The molecule has 0 heterocycles. The zero-order chi connectivity index (χ0) is 27.9. The number of ketones is 2. The van der Waals surface area contributed by atoms with Crippen molar-refractivity contribution in [2.24, 2.45) is 11.8 Å². The quantitative estimate of drug-likeness (QED) is 0.218. The van der Waals surface area contributed by atoms with Gasteiger partial charge in [0.15, 0.2) is 11.6 Å². The molecule has 2 aromatic carbocycles. The van der Waals surface area contributed by atoms with E-state index in [1.54, 1.807) is 19.1 Å². The molecule has 0 spiro atoms. The highest BCUT2D eigenvalue weighted by Crippen LogP contribution is 2.40. The lowest BCUT2D eigenvalue weighted by Gasteiger charge is -2.32. The van der Waals surface area contributed by atoms with Gasteiger partial charge in [-0.25, -0.2) is 0 Å². The van der Waals surface area contributed by atoms with E-state index in [2.05, 4.69) is 10.6 Å². The van der Waals surface area contributed by atoms with Crippen LogP contribution in [0, 0.1) is 11.8 Å². The Balaban J connectivity index is 1.58. The van der Waals surface area contributed by atoms with E-state index in [0.29, 0.717) is 25.7 Å². The largest absolute Gasteiger partial charge is 0.481 e. The van der Waals surface area contributed by atoms with Crippen LogP contribution in [0.3, 0.4) is 0 Å². The van der Waals surface area contributed by atoms with Crippen molar-refractivity contribution in [1.29, 1.82) is 0 Å². The average Bonchev–Trinajstić information content (AvgIpc) is 2.87. The van der Waals surface area contributed by atoms with Gasteiger partial charge in [0.05, 0.1) is 22.7 Å². The van der Waals surface area contributed by atoms with Crippen LogP contribution in [-0.4, -0.2) is 53.6 Å². The van der Waals surface area contributed by atoms with E-state index < -0.39 is 50.1 Å². The minimum atomic E-state index is -4.81. The summed E-state index contributed by atoms with van der Waals surface area (Å²) in [4.78, 5) is 49.7. The van der Waals surface area contributed by atoms with Crippen LogP contribution in [0.4, 0.5) is 11.4 Å². The summed E-state index contributed by atoms with van der Waals surface area (Å²) in [5, 5.41) is 15.2. The summed E-state index contributed by atoms with van der Waals surface area (Å²) in [6.07, 6.45) is 2.17. The van der Waals surface area contributed by atoms with Crippen molar-refractivity contribution in [1.82, 2.24) is 5.32 Å². The first-order valence-corrected chi connectivity index (χ1v) is 13.7. The molecule has 0 aliphatic heterocycles. The number of aliphatic carboxylic acids is 1. The van der Waals surface area contributed by atoms with Gasteiger partial charge in [-0.3, -0.25) is 23.7 Å². The van der Waals surface area contributed by atoms with Crippen LogP contribution in [0.1, 0.15) is 71.4 Å². The molecule has 6 N–H and O–H groups in total. The number of hydrogen-bond donors (Lipinski definition) is 5. The molecule has 4 rings (SSSR count). The number of carbonyl (C=O) groups is 4. The van der Waals surface area contributed by atoms with Crippen LogP contribution < -0.4 is 16.4 Å². The van der Waals surface area contributed by atoms with Crippen LogP contribution in [0.2, 0.25) is 0 Å². The van der Waals surface area contributed by atoms with Gasteiger partial charge in [0.25, 0.3) is 10.1 Å². The maximum Gasteiger partial charge on any atom is 0.307 e. The van der Waals surface area contributed by atoms with Crippen LogP contribution in [0.15, 0.2) is 35.2 Å². The number of nitrogens with two attached hydrogens (primary N) is 1. The molecule has 0 bridgehead atoms. The minimum absolute atomic E-state index is 0.0505. The molecule has 1 amide bonds. The Morgan fingerprint density at radius 3 is 2.00 bits per heavy atom. The molecule has 1 fully saturated rings. The molecule has 2 aliphatic carbocycles. The lowest BCUT2D eigenvalue weighted by molar-refractivity contribution is -0.146. The van der Waals surface area contributed by atoms with Crippen LogP contribution in [0.5, 0.6) is 0 Å². The van der Waals surface area contributed by atoms with Crippen molar-refractivity contribution < 1.29 is 37.3 Å². The number of benzene rings is 2. The lowest BCUT2D eigenvalue weighted by atomic mass is 9.82. The van der Waals surface area contributed by atoms with Crippen molar-refractivity contribution in [3.8, 4) is 0 Å². The third-order valence-corrected chi connectivity index (χ3v) is 8.36. The fourth-order valence-corrected chi connectivity index (χ4v) is 5.64. The third-order valence-electron chi connectivity index (χ3n) is 7.46. The second kappa shape index (κ2) is 10.2. The summed E-state index contributed by atoms with van der Waals surface area (Å²) >= 11 is 0. The zero-order valence-corrected chi connectivity index (χ0v) is 21.7. The summed E-state index contributed by atoms with van der Waals surface area (Å²) < 4.78 is 33.9. The Morgan fingerprint density at radius 1 is 0.947 bits per heavy atom. The minimum Gasteiger partial charge on any atom is -0.481 e. The van der Waals surface area contributed by atoms with E-state index in [9.17, 15) is 32.1 Å². The maximum atomic E-state index is 13.4. The van der Waals surface area contributed by atoms with E-state index in [4.69, 9.17) is 10.8 Å². The predicted molar refractivity (Wildman–Crippen MR) is 138 cm³/mol. The monoisotopic (exact) mass is 543 g/mol. The van der Waals surface area contributed by atoms with Gasteiger partial charge in [-0.05, 0) is 31.7 Å². The Labute approximate surface area is 219 Å². The number of carboxylic acids is 1. The van der Waals surface area contributed by atoms with Gasteiger partial charge >= 0.3 is 5.97 Å². The number of fused-ring (bicyclic) bond motifs is 2. The first-order valence-electron chi connectivity index (χ1n) is 12.2. The SMILES string of the molecule is C[C@@H](C(=O)O)[C@@H](C)C(=O)NC1CCC(Nc2cc(S(=O)(=O)O)c(N)c3c2C(=O)c2ccccc2C3=O)CC1. The number of nitrogens with one attached hydrogen (secondary N) is 2. The molecule has 2 aliphatic rings. The third kappa shape index (κ3) is 5.01. The van der Waals surface area contributed by atoms with Gasteiger partial charge in [-0.1, -0.05) is 38.1 Å². The smallest absolute Gasteiger partial charge is 0.307 e. The Morgan fingerprint density at radius 2 is 1.47 bits per heavy atom. The van der Waals surface area contributed by atoms with E-state index in [0.717, 1.165) is 6.07 Å². The molecule has 1 saturated carbocycles. The van der Waals surface area contributed by atoms with Crippen molar-refractivity contribution in [2.45, 2.75) is 56.5 Å². The molecule has 202 valence electrons. The van der Waals surface area contributed by atoms with Crippen LogP contribution in [-0.2, 0) is 19.7 Å². The molecule has 0 aromatic heterocycles. The molecule has 0 radical (unpaired) electrons. The van der Waals surface area contributed by atoms with E-state index >= 15 is 0 Å². The van der Waals surface area contributed by atoms with Crippen LogP contribution in [0.25, 0.3) is 0 Å². The molecule has 2 atom stereocenters. The van der Waals surface area contributed by atoms with Gasteiger partial charge in [0.1, 0.15) is 4.90 Å². The second-order valence-electron chi connectivity index (χ2n) is 9.88. The number of nitrogen functional groups attached to an aromatic ring is 1. The van der Waals surface area contributed by atoms with Gasteiger partial charge in [0.2, 0.25) is 5.91 Å². The number of rotatable bonds is 7. The van der Waals surface area contributed by atoms with E-state index in [1.807, 2.05) is 0 Å². The van der Waals surface area contributed by atoms with Crippen molar-refractivity contribution >= 4 is 44.9 Å². The molecule has 2 aromatic rings. The molecular formula is C26H29N3O8S. The van der Waals surface area contributed by atoms with Gasteiger partial charge in [0, 0.05) is 34.8 Å². The first kappa shape index (κ1) is 27.3. The zero-order valence-electron chi connectivity index (χ0n) is 20.9. The molecule has 11 nitrogen and oxygen atoms in total. The maximum absolute atomic E-state index is 13.4. The normalized spacial score (nSPS) is 20.6. The lowest BCUT2D eigenvalue weighted by Crippen LogP contribution is -2.44. The van der Waals surface area contributed by atoms with Crippen LogP contribution >= 0.6 is 0 Å². The topological polar surface area (TPSA) is 193 Å². The number of hydrogen-bond acceptors (Lipinski definition) is 8. The van der Waals surface area contributed by atoms with Crippen molar-refractivity contribution in [2.75, 3.05) is 11.1 Å². The predicted octanol–water partition coefficient (Wildman–Crippen LogP) is 2.49. The summed E-state index contributed by atoms with van der Waals surface area (Å²) in [7, 11) is -4.81.